The minimum Gasteiger partial charge on any atom is -0.478 e. The maximum Gasteiger partial charge on any atom is 0.337 e. The van der Waals surface area contributed by atoms with Gasteiger partial charge in [-0.15, -0.1) is 0 Å². The summed E-state index contributed by atoms with van der Waals surface area (Å²) in [5.74, 6) is -1.91. The van der Waals surface area contributed by atoms with E-state index in [0.717, 1.165) is 5.56 Å². The van der Waals surface area contributed by atoms with Crippen molar-refractivity contribution in [3.8, 4) is 17.1 Å². The summed E-state index contributed by atoms with van der Waals surface area (Å²) < 4.78 is 5.77. The Morgan fingerprint density at radius 1 is 1.03 bits per heavy atom. The van der Waals surface area contributed by atoms with E-state index >= 15 is 0 Å². The molecule has 0 saturated heterocycles. The highest BCUT2D eigenvalue weighted by molar-refractivity contribution is 6.42. The van der Waals surface area contributed by atoms with Crippen LogP contribution in [0.15, 0.2) is 48.5 Å². The molecular formula is C21H15Cl3N2O4. The van der Waals surface area contributed by atoms with Gasteiger partial charge in [0.1, 0.15) is 12.2 Å². The molecule has 0 radical (unpaired) electrons. The van der Waals surface area contributed by atoms with Crippen molar-refractivity contribution in [3.63, 3.8) is 0 Å². The average Bonchev–Trinajstić information content (AvgIpc) is 2.71. The van der Waals surface area contributed by atoms with E-state index in [9.17, 15) is 14.7 Å². The molecule has 1 amide bonds. The Labute approximate surface area is 187 Å². The van der Waals surface area contributed by atoms with Crippen molar-refractivity contribution >= 4 is 46.7 Å². The number of nitrogens with one attached hydrogen (secondary N) is 1. The number of rotatable bonds is 6. The number of ether oxygens (including phenoxy) is 1. The van der Waals surface area contributed by atoms with Crippen LogP contribution >= 0.6 is 34.8 Å². The number of carbonyl (C=O) groups excluding carboxylic acids is 1. The Bertz CT molecular complexity index is 1100. The second-order valence-electron chi connectivity index (χ2n) is 6.14. The quantitative estimate of drug-likeness (QED) is 0.512. The third-order valence-corrected chi connectivity index (χ3v) is 4.97. The lowest BCUT2D eigenvalue weighted by atomic mass is 10.0. The molecule has 2 aromatic carbocycles. The van der Waals surface area contributed by atoms with Crippen molar-refractivity contribution in [2.24, 2.45) is 0 Å². The number of amides is 1. The van der Waals surface area contributed by atoms with Gasteiger partial charge in [0.2, 0.25) is 5.88 Å². The van der Waals surface area contributed by atoms with Crippen LogP contribution < -0.4 is 10.1 Å². The molecule has 0 bridgehead atoms. The van der Waals surface area contributed by atoms with Gasteiger partial charge in [-0.1, -0.05) is 65.1 Å². The second-order valence-corrected chi connectivity index (χ2v) is 7.39. The molecule has 3 rings (SSSR count). The number of halogens is 3. The molecular weight excluding hydrogens is 451 g/mol. The maximum atomic E-state index is 12.4. The molecule has 0 spiro atoms. The van der Waals surface area contributed by atoms with E-state index in [-0.39, 0.29) is 49.9 Å². The average molecular weight is 466 g/mol. The molecule has 0 saturated carbocycles. The Hall–Kier alpha value is -2.80. The molecule has 1 heterocycles. The fourth-order valence-corrected chi connectivity index (χ4v) is 3.75. The van der Waals surface area contributed by atoms with Crippen molar-refractivity contribution in [1.29, 1.82) is 0 Å². The second kappa shape index (κ2) is 9.34. The van der Waals surface area contributed by atoms with Crippen molar-refractivity contribution in [3.05, 3.63) is 80.3 Å². The van der Waals surface area contributed by atoms with E-state index in [1.54, 1.807) is 0 Å². The van der Waals surface area contributed by atoms with Gasteiger partial charge < -0.3 is 15.2 Å². The van der Waals surface area contributed by atoms with Crippen LogP contribution in [0.5, 0.6) is 5.88 Å². The molecule has 154 valence electrons. The van der Waals surface area contributed by atoms with Crippen molar-refractivity contribution in [1.82, 2.24) is 10.3 Å². The normalized spacial score (nSPS) is 10.5. The van der Waals surface area contributed by atoms with Gasteiger partial charge in [0.25, 0.3) is 5.91 Å². The Morgan fingerprint density at radius 3 is 2.23 bits per heavy atom. The van der Waals surface area contributed by atoms with Crippen LogP contribution in [0.4, 0.5) is 0 Å². The van der Waals surface area contributed by atoms with E-state index in [1.165, 1.54) is 25.2 Å². The largest absolute Gasteiger partial charge is 0.478 e. The van der Waals surface area contributed by atoms with Crippen molar-refractivity contribution in [2.45, 2.75) is 6.61 Å². The van der Waals surface area contributed by atoms with E-state index < -0.39 is 11.9 Å². The van der Waals surface area contributed by atoms with Crippen molar-refractivity contribution in [2.75, 3.05) is 7.05 Å². The monoisotopic (exact) mass is 464 g/mol. The van der Waals surface area contributed by atoms with Gasteiger partial charge in [-0.25, -0.2) is 9.78 Å². The van der Waals surface area contributed by atoms with Gasteiger partial charge in [-0.3, -0.25) is 4.79 Å². The number of nitrogens with zero attached hydrogens (tertiary/aromatic N) is 1. The lowest BCUT2D eigenvalue weighted by molar-refractivity contribution is 0.0697. The Kier molecular flexibility index (Phi) is 6.82. The predicted octanol–water partition coefficient (Wildman–Crippen LogP) is 5.35. The van der Waals surface area contributed by atoms with Gasteiger partial charge >= 0.3 is 5.97 Å². The summed E-state index contributed by atoms with van der Waals surface area (Å²) in [6.45, 7) is 0.117. The molecule has 0 aliphatic heterocycles. The summed E-state index contributed by atoms with van der Waals surface area (Å²) in [5, 5.41) is 12.7. The Balaban J connectivity index is 2.19. The molecule has 0 atom stereocenters. The molecule has 3 aromatic rings. The standard InChI is InChI=1S/C21H15Cl3N2O4/c1-25-19(27)14-9-13(21(28)29)18(17-15(23)7-12(22)8-16(17)24)26-20(14)30-10-11-5-3-2-4-6-11/h2-9H,10H2,1H3,(H,25,27)(H,28,29). The zero-order valence-electron chi connectivity index (χ0n) is 15.6. The van der Waals surface area contributed by atoms with Crippen LogP contribution in [-0.2, 0) is 6.61 Å². The molecule has 9 heteroatoms. The Morgan fingerprint density at radius 2 is 1.67 bits per heavy atom. The molecule has 1 aromatic heterocycles. The van der Waals surface area contributed by atoms with Crippen LogP contribution in [0.3, 0.4) is 0 Å². The smallest absolute Gasteiger partial charge is 0.337 e. The number of pyridine rings is 1. The van der Waals surface area contributed by atoms with Crippen molar-refractivity contribution < 1.29 is 19.4 Å². The fourth-order valence-electron chi connectivity index (χ4n) is 2.75. The number of carbonyl (C=O) groups is 2. The molecule has 2 N–H and O–H groups in total. The molecule has 30 heavy (non-hydrogen) atoms. The molecule has 0 aliphatic rings. The number of carboxylic acid groups (broad SMARTS) is 1. The van der Waals surface area contributed by atoms with Crippen LogP contribution in [0.25, 0.3) is 11.3 Å². The summed E-state index contributed by atoms with van der Waals surface area (Å²) in [6.07, 6.45) is 0. The third-order valence-electron chi connectivity index (χ3n) is 4.15. The fraction of sp³-hybridized carbons (Fsp3) is 0.0952. The van der Waals surface area contributed by atoms with Crippen LogP contribution in [0, 0.1) is 0 Å². The molecule has 0 unspecified atom stereocenters. The number of carboxylic acids is 1. The minimum absolute atomic E-state index is 0.0317. The first-order valence-corrected chi connectivity index (χ1v) is 9.77. The van der Waals surface area contributed by atoms with E-state index in [2.05, 4.69) is 10.3 Å². The van der Waals surface area contributed by atoms with Gasteiger partial charge in [0.05, 0.1) is 21.3 Å². The van der Waals surface area contributed by atoms with E-state index in [4.69, 9.17) is 39.5 Å². The third kappa shape index (κ3) is 4.67. The summed E-state index contributed by atoms with van der Waals surface area (Å²) in [6, 6.07) is 13.3. The van der Waals surface area contributed by atoms with Gasteiger partial charge in [0.15, 0.2) is 0 Å². The van der Waals surface area contributed by atoms with Gasteiger partial charge in [-0.05, 0) is 23.8 Å². The maximum absolute atomic E-state index is 12.4. The summed E-state index contributed by atoms with van der Waals surface area (Å²) in [7, 11) is 1.42. The lowest BCUT2D eigenvalue weighted by Gasteiger charge is -2.15. The lowest BCUT2D eigenvalue weighted by Crippen LogP contribution is -2.21. The first-order valence-electron chi connectivity index (χ1n) is 8.64. The van der Waals surface area contributed by atoms with E-state index in [0.29, 0.717) is 0 Å². The number of hydrogen-bond donors (Lipinski definition) is 2. The highest BCUT2D eigenvalue weighted by atomic mass is 35.5. The minimum atomic E-state index is -1.31. The summed E-state index contributed by atoms with van der Waals surface area (Å²) in [5.41, 5.74) is 0.689. The molecule has 0 fully saturated rings. The highest BCUT2D eigenvalue weighted by Crippen LogP contribution is 2.39. The number of aromatic nitrogens is 1. The number of benzene rings is 2. The van der Waals surface area contributed by atoms with Crippen LogP contribution in [0.1, 0.15) is 26.3 Å². The first kappa shape index (κ1) is 21.9. The SMILES string of the molecule is CNC(=O)c1cc(C(=O)O)c(-c2c(Cl)cc(Cl)cc2Cl)nc1OCc1ccccc1. The molecule has 6 nitrogen and oxygen atoms in total. The van der Waals surface area contributed by atoms with Crippen LogP contribution in [0.2, 0.25) is 15.1 Å². The predicted molar refractivity (Wildman–Crippen MR) is 116 cm³/mol. The summed E-state index contributed by atoms with van der Waals surface area (Å²) >= 11 is 18.5. The zero-order chi connectivity index (χ0) is 21.8. The number of aromatic carboxylic acids is 1. The summed E-state index contributed by atoms with van der Waals surface area (Å²) in [4.78, 5) is 28.6. The number of hydrogen-bond acceptors (Lipinski definition) is 4. The topological polar surface area (TPSA) is 88.5 Å². The first-order chi connectivity index (χ1) is 14.3. The van der Waals surface area contributed by atoms with Gasteiger partial charge in [0, 0.05) is 17.6 Å². The molecule has 0 aliphatic carbocycles. The van der Waals surface area contributed by atoms with E-state index in [1.807, 2.05) is 30.3 Å². The van der Waals surface area contributed by atoms with Gasteiger partial charge in [-0.2, -0.15) is 0 Å². The zero-order valence-corrected chi connectivity index (χ0v) is 17.8. The highest BCUT2D eigenvalue weighted by Gasteiger charge is 2.25. The van der Waals surface area contributed by atoms with Crippen LogP contribution in [-0.4, -0.2) is 29.0 Å².